The van der Waals surface area contributed by atoms with Crippen LogP contribution >= 0.6 is 15.9 Å². The third-order valence-corrected chi connectivity index (χ3v) is 3.71. The number of hydrogen-bond donors (Lipinski definition) is 1. The van der Waals surface area contributed by atoms with Crippen molar-refractivity contribution >= 4 is 26.7 Å². The van der Waals surface area contributed by atoms with Gasteiger partial charge in [0.15, 0.2) is 0 Å². The molecule has 106 valence electrons. The highest BCUT2D eigenvalue weighted by Crippen LogP contribution is 2.26. The lowest BCUT2D eigenvalue weighted by Gasteiger charge is -2.07. The molecule has 1 N–H and O–H groups in total. The highest BCUT2D eigenvalue weighted by molar-refractivity contribution is 9.10. The molecule has 2 aromatic carbocycles. The molecule has 0 atom stereocenters. The summed E-state index contributed by atoms with van der Waals surface area (Å²) in [5.41, 5.74) is 1.41. The number of fused-ring (bicyclic) bond motifs is 1. The van der Waals surface area contributed by atoms with E-state index in [1.807, 2.05) is 37.3 Å². The zero-order valence-electron chi connectivity index (χ0n) is 11.4. The maximum absolute atomic E-state index is 9.12. The monoisotopic (exact) mass is 344 g/mol. The first-order valence-electron chi connectivity index (χ1n) is 6.46. The van der Waals surface area contributed by atoms with Crippen LogP contribution in [-0.4, -0.2) is 15.1 Å². The van der Waals surface area contributed by atoms with Gasteiger partial charge < -0.3 is 9.84 Å². The van der Waals surface area contributed by atoms with Crippen molar-refractivity contribution in [3.63, 3.8) is 0 Å². The van der Waals surface area contributed by atoms with Gasteiger partial charge in [-0.15, -0.1) is 0 Å². The van der Waals surface area contributed by atoms with Gasteiger partial charge in [-0.05, 0) is 42.0 Å². The van der Waals surface area contributed by atoms with E-state index in [1.54, 1.807) is 6.20 Å². The van der Waals surface area contributed by atoms with Gasteiger partial charge in [-0.3, -0.25) is 0 Å². The summed E-state index contributed by atoms with van der Waals surface area (Å²) in [6.45, 7) is 1.75. The van der Waals surface area contributed by atoms with Gasteiger partial charge in [0, 0.05) is 16.2 Å². The Morgan fingerprint density at radius 3 is 2.67 bits per heavy atom. The Morgan fingerprint density at radius 1 is 1.14 bits per heavy atom. The predicted octanol–water partition coefficient (Wildman–Crippen LogP) is 3.99. The van der Waals surface area contributed by atoms with Crippen LogP contribution in [-0.2, 0) is 6.61 Å². The quantitative estimate of drug-likeness (QED) is 0.780. The molecule has 1 aromatic heterocycles. The maximum atomic E-state index is 9.12. The second-order valence-corrected chi connectivity index (χ2v) is 5.59. The largest absolute Gasteiger partial charge is 0.424 e. The number of ether oxygens (including phenoxy) is 1. The van der Waals surface area contributed by atoms with Gasteiger partial charge in [-0.25, -0.2) is 4.98 Å². The summed E-state index contributed by atoms with van der Waals surface area (Å²) >= 11 is 3.45. The van der Waals surface area contributed by atoms with E-state index in [2.05, 4.69) is 32.0 Å². The maximum Gasteiger partial charge on any atom is 0.322 e. The first kappa shape index (κ1) is 14.0. The van der Waals surface area contributed by atoms with Crippen molar-refractivity contribution in [2.24, 2.45) is 0 Å². The van der Waals surface area contributed by atoms with Crippen LogP contribution in [0.25, 0.3) is 10.8 Å². The molecular formula is C16H13BrN2O2. The number of halogens is 1. The van der Waals surface area contributed by atoms with Gasteiger partial charge in [0.1, 0.15) is 5.75 Å². The fourth-order valence-corrected chi connectivity index (χ4v) is 2.42. The lowest BCUT2D eigenvalue weighted by atomic mass is 10.1. The molecule has 1 heterocycles. The Balaban J connectivity index is 1.91. The summed E-state index contributed by atoms with van der Waals surface area (Å²) in [7, 11) is 0. The van der Waals surface area contributed by atoms with E-state index in [0.29, 0.717) is 17.0 Å². The third kappa shape index (κ3) is 3.04. The Kier molecular flexibility index (Phi) is 3.86. The summed E-state index contributed by atoms with van der Waals surface area (Å²) in [6, 6.07) is 12.2. The molecule has 3 rings (SSSR count). The Morgan fingerprint density at radius 2 is 1.90 bits per heavy atom. The normalized spacial score (nSPS) is 10.8. The zero-order valence-corrected chi connectivity index (χ0v) is 13.0. The minimum Gasteiger partial charge on any atom is -0.424 e. The van der Waals surface area contributed by atoms with Gasteiger partial charge in [0.25, 0.3) is 0 Å². The fraction of sp³-hybridized carbons (Fsp3) is 0.125. The molecule has 0 amide bonds. The zero-order chi connectivity index (χ0) is 14.8. The molecule has 0 bridgehead atoms. The molecule has 0 aliphatic rings. The number of rotatable bonds is 3. The van der Waals surface area contributed by atoms with Crippen LogP contribution in [0.15, 0.2) is 47.1 Å². The summed E-state index contributed by atoms with van der Waals surface area (Å²) < 4.78 is 6.73. The van der Waals surface area contributed by atoms with Crippen LogP contribution in [0.5, 0.6) is 11.8 Å². The highest BCUT2D eigenvalue weighted by Gasteiger charge is 2.05. The summed E-state index contributed by atoms with van der Waals surface area (Å²) in [5, 5.41) is 11.3. The molecule has 0 fully saturated rings. The highest BCUT2D eigenvalue weighted by atomic mass is 79.9. The number of aliphatic hydroxyl groups is 1. The summed E-state index contributed by atoms with van der Waals surface area (Å²) in [4.78, 5) is 8.33. The number of aromatic nitrogens is 2. The second-order valence-electron chi connectivity index (χ2n) is 4.68. The van der Waals surface area contributed by atoms with Crippen molar-refractivity contribution < 1.29 is 9.84 Å². The molecule has 0 spiro atoms. The van der Waals surface area contributed by atoms with Gasteiger partial charge in [-0.1, -0.05) is 28.1 Å². The molecule has 0 unspecified atom stereocenters. The minimum atomic E-state index is -0.0725. The first-order valence-corrected chi connectivity index (χ1v) is 7.25. The molecule has 0 aliphatic carbocycles. The number of aryl methyl sites for hydroxylation is 1. The number of nitrogens with zero attached hydrogens (tertiary/aromatic N) is 2. The SMILES string of the molecule is Cc1nc(Oc2ccc3cc(Br)ccc3c2)ncc1CO. The smallest absolute Gasteiger partial charge is 0.322 e. The fourth-order valence-electron chi connectivity index (χ4n) is 2.04. The molecule has 0 radical (unpaired) electrons. The van der Waals surface area contributed by atoms with Crippen LogP contribution in [0.2, 0.25) is 0 Å². The van der Waals surface area contributed by atoms with Crippen LogP contribution in [0.4, 0.5) is 0 Å². The average molecular weight is 345 g/mol. The summed E-state index contributed by atoms with van der Waals surface area (Å²) in [5.74, 6) is 0.681. The minimum absolute atomic E-state index is 0.0725. The Bertz CT molecular complexity index is 805. The van der Waals surface area contributed by atoms with E-state index in [4.69, 9.17) is 9.84 Å². The number of aliphatic hydroxyl groups excluding tert-OH is 1. The third-order valence-electron chi connectivity index (χ3n) is 3.21. The van der Waals surface area contributed by atoms with Gasteiger partial charge in [0.2, 0.25) is 0 Å². The van der Waals surface area contributed by atoms with Crippen molar-refractivity contribution in [2.75, 3.05) is 0 Å². The van der Waals surface area contributed by atoms with Gasteiger partial charge >= 0.3 is 6.01 Å². The van der Waals surface area contributed by atoms with Crippen LogP contribution in [0, 0.1) is 6.92 Å². The molecule has 0 saturated heterocycles. The number of hydrogen-bond acceptors (Lipinski definition) is 4. The van der Waals surface area contributed by atoms with E-state index in [-0.39, 0.29) is 12.6 Å². The molecule has 3 aromatic rings. The van der Waals surface area contributed by atoms with Crippen molar-refractivity contribution in [1.29, 1.82) is 0 Å². The second kappa shape index (κ2) is 5.79. The Hall–Kier alpha value is -1.98. The van der Waals surface area contributed by atoms with E-state index >= 15 is 0 Å². The van der Waals surface area contributed by atoms with E-state index in [1.165, 1.54) is 0 Å². The molecule has 4 nitrogen and oxygen atoms in total. The van der Waals surface area contributed by atoms with Crippen molar-refractivity contribution in [2.45, 2.75) is 13.5 Å². The van der Waals surface area contributed by atoms with Crippen LogP contribution < -0.4 is 4.74 Å². The van der Waals surface area contributed by atoms with Gasteiger partial charge in [-0.2, -0.15) is 4.98 Å². The van der Waals surface area contributed by atoms with E-state index < -0.39 is 0 Å². The van der Waals surface area contributed by atoms with E-state index in [9.17, 15) is 0 Å². The average Bonchev–Trinajstić information content (AvgIpc) is 2.48. The van der Waals surface area contributed by atoms with E-state index in [0.717, 1.165) is 15.2 Å². The Labute approximate surface area is 130 Å². The van der Waals surface area contributed by atoms with Gasteiger partial charge in [0.05, 0.1) is 12.3 Å². The van der Waals surface area contributed by atoms with Crippen molar-refractivity contribution in [1.82, 2.24) is 9.97 Å². The van der Waals surface area contributed by atoms with Crippen molar-refractivity contribution in [3.05, 3.63) is 58.3 Å². The molecular weight excluding hydrogens is 332 g/mol. The summed E-state index contributed by atoms with van der Waals surface area (Å²) in [6.07, 6.45) is 1.58. The topological polar surface area (TPSA) is 55.2 Å². The lowest BCUT2D eigenvalue weighted by molar-refractivity contribution is 0.279. The first-order chi connectivity index (χ1) is 10.2. The molecule has 21 heavy (non-hydrogen) atoms. The number of benzene rings is 2. The van der Waals surface area contributed by atoms with Crippen molar-refractivity contribution in [3.8, 4) is 11.8 Å². The molecule has 0 saturated carbocycles. The van der Waals surface area contributed by atoms with Crippen LogP contribution in [0.3, 0.4) is 0 Å². The predicted molar refractivity (Wildman–Crippen MR) is 84.4 cm³/mol. The standard InChI is InChI=1S/C16H13BrN2O2/c1-10-13(9-20)8-18-16(19-10)21-15-5-3-11-6-14(17)4-2-12(11)7-15/h2-8,20H,9H2,1H3. The molecule has 5 heteroatoms. The van der Waals surface area contributed by atoms with Crippen LogP contribution in [0.1, 0.15) is 11.3 Å². The lowest BCUT2D eigenvalue weighted by Crippen LogP contribution is -1.98. The molecule has 0 aliphatic heterocycles.